The van der Waals surface area contributed by atoms with Gasteiger partial charge >= 0.3 is 0 Å². The van der Waals surface area contributed by atoms with Gasteiger partial charge in [-0.15, -0.1) is 10.2 Å². The maximum atomic E-state index is 12.4. The summed E-state index contributed by atoms with van der Waals surface area (Å²) in [5.74, 6) is 1.21. The van der Waals surface area contributed by atoms with Gasteiger partial charge in [0.1, 0.15) is 5.58 Å². The Morgan fingerprint density at radius 2 is 1.73 bits per heavy atom. The van der Waals surface area contributed by atoms with Crippen LogP contribution in [0.3, 0.4) is 0 Å². The number of benzene rings is 2. The van der Waals surface area contributed by atoms with Crippen LogP contribution in [0.5, 0.6) is 0 Å². The van der Waals surface area contributed by atoms with E-state index in [9.17, 15) is 4.79 Å². The summed E-state index contributed by atoms with van der Waals surface area (Å²) in [6, 6.07) is 22.0. The van der Waals surface area contributed by atoms with Crippen molar-refractivity contribution in [3.63, 3.8) is 0 Å². The fraction of sp³-hybridized carbons (Fsp3) is 0. The summed E-state index contributed by atoms with van der Waals surface area (Å²) < 4.78 is 7.23. The van der Waals surface area contributed by atoms with Crippen LogP contribution in [0.4, 0.5) is 17.2 Å². The maximum Gasteiger partial charge on any atom is 0.291 e. The molecule has 3 heterocycles. The van der Waals surface area contributed by atoms with Gasteiger partial charge in [-0.2, -0.15) is 5.10 Å². The number of amides is 1. The van der Waals surface area contributed by atoms with Crippen molar-refractivity contribution in [1.29, 1.82) is 0 Å². The van der Waals surface area contributed by atoms with Gasteiger partial charge in [-0.25, -0.2) is 4.68 Å². The van der Waals surface area contributed by atoms with Gasteiger partial charge in [0.15, 0.2) is 17.4 Å². The smallest absolute Gasteiger partial charge is 0.291 e. The molecule has 8 nitrogen and oxygen atoms in total. The van der Waals surface area contributed by atoms with E-state index in [1.165, 1.54) is 0 Å². The van der Waals surface area contributed by atoms with Crippen LogP contribution in [0.15, 0.2) is 89.6 Å². The Morgan fingerprint density at radius 3 is 2.47 bits per heavy atom. The lowest BCUT2D eigenvalue weighted by Crippen LogP contribution is -2.10. The Morgan fingerprint density at radius 1 is 0.900 bits per heavy atom. The number of carbonyl (C=O) groups is 1. The second-order valence-corrected chi connectivity index (χ2v) is 6.53. The number of rotatable bonds is 5. The lowest BCUT2D eigenvalue weighted by molar-refractivity contribution is 0.0998. The molecule has 0 saturated carbocycles. The molecule has 5 rings (SSSR count). The third kappa shape index (κ3) is 3.61. The number of anilines is 3. The predicted molar refractivity (Wildman–Crippen MR) is 113 cm³/mol. The van der Waals surface area contributed by atoms with Crippen molar-refractivity contribution in [3.05, 3.63) is 91.0 Å². The molecular formula is C22H16N6O2. The monoisotopic (exact) mass is 396 g/mol. The summed E-state index contributed by atoms with van der Waals surface area (Å²) in [4.78, 5) is 12.4. The minimum Gasteiger partial charge on any atom is -0.451 e. The van der Waals surface area contributed by atoms with E-state index in [0.29, 0.717) is 22.9 Å². The van der Waals surface area contributed by atoms with Crippen LogP contribution >= 0.6 is 0 Å². The van der Waals surface area contributed by atoms with E-state index in [1.54, 1.807) is 35.3 Å². The molecule has 0 aliphatic heterocycles. The first-order valence-corrected chi connectivity index (χ1v) is 9.25. The molecule has 30 heavy (non-hydrogen) atoms. The first-order chi connectivity index (χ1) is 14.7. The lowest BCUT2D eigenvalue weighted by atomic mass is 10.2. The molecule has 0 aliphatic rings. The van der Waals surface area contributed by atoms with Gasteiger partial charge < -0.3 is 15.1 Å². The lowest BCUT2D eigenvalue weighted by Gasteiger charge is -2.08. The summed E-state index contributed by atoms with van der Waals surface area (Å²) in [6.45, 7) is 0. The van der Waals surface area contributed by atoms with E-state index in [1.807, 2.05) is 54.6 Å². The van der Waals surface area contributed by atoms with Gasteiger partial charge in [-0.3, -0.25) is 4.79 Å². The first kappa shape index (κ1) is 17.6. The quantitative estimate of drug-likeness (QED) is 0.457. The van der Waals surface area contributed by atoms with Gasteiger partial charge in [0, 0.05) is 29.2 Å². The van der Waals surface area contributed by atoms with Crippen molar-refractivity contribution in [2.24, 2.45) is 0 Å². The van der Waals surface area contributed by atoms with Crippen LogP contribution < -0.4 is 10.6 Å². The highest BCUT2D eigenvalue weighted by Gasteiger charge is 2.12. The molecule has 8 heteroatoms. The van der Waals surface area contributed by atoms with Crippen LogP contribution in [0, 0.1) is 0 Å². The number of nitrogens with one attached hydrogen (secondary N) is 2. The standard InChI is InChI=1S/C22H16N6O2/c29-22(19-14-15-4-1-2-5-18(15)30-19)25-17-8-6-16(7-9-17)24-20-10-11-21(27-26-20)28-13-3-12-23-28/h1-14H,(H,24,26)(H,25,29). The summed E-state index contributed by atoms with van der Waals surface area (Å²) in [6.07, 6.45) is 3.48. The van der Waals surface area contributed by atoms with Crippen LogP contribution in [-0.4, -0.2) is 25.9 Å². The summed E-state index contributed by atoms with van der Waals surface area (Å²) >= 11 is 0. The van der Waals surface area contributed by atoms with Crippen molar-refractivity contribution < 1.29 is 9.21 Å². The molecule has 3 aromatic heterocycles. The molecule has 146 valence electrons. The van der Waals surface area contributed by atoms with E-state index in [4.69, 9.17) is 4.42 Å². The first-order valence-electron chi connectivity index (χ1n) is 9.25. The molecule has 0 saturated heterocycles. The zero-order valence-corrected chi connectivity index (χ0v) is 15.7. The van der Waals surface area contributed by atoms with Gasteiger partial charge in [0.05, 0.1) is 0 Å². The van der Waals surface area contributed by atoms with Crippen LogP contribution in [0.2, 0.25) is 0 Å². The Bertz CT molecular complexity index is 1260. The van der Waals surface area contributed by atoms with Gasteiger partial charge in [0.2, 0.25) is 0 Å². The van der Waals surface area contributed by atoms with E-state index in [2.05, 4.69) is 25.9 Å². The molecule has 0 aliphatic carbocycles. The highest BCUT2D eigenvalue weighted by molar-refractivity contribution is 6.04. The second-order valence-electron chi connectivity index (χ2n) is 6.53. The van der Waals surface area contributed by atoms with Crippen LogP contribution in [0.25, 0.3) is 16.8 Å². The molecule has 2 N–H and O–H groups in total. The average molecular weight is 396 g/mol. The minimum absolute atomic E-state index is 0.269. The zero-order valence-electron chi connectivity index (χ0n) is 15.7. The molecule has 0 atom stereocenters. The third-order valence-electron chi connectivity index (χ3n) is 4.45. The number of furan rings is 1. The molecule has 0 fully saturated rings. The highest BCUT2D eigenvalue weighted by atomic mass is 16.3. The Labute approximate surface area is 171 Å². The Kier molecular flexibility index (Phi) is 4.41. The SMILES string of the molecule is O=C(Nc1ccc(Nc2ccc(-n3cccn3)nn2)cc1)c1cc2ccccc2o1. The number of carbonyl (C=O) groups excluding carboxylic acids is 1. The topological polar surface area (TPSA) is 97.9 Å². The maximum absolute atomic E-state index is 12.4. The normalized spacial score (nSPS) is 10.8. The molecule has 0 bridgehead atoms. The summed E-state index contributed by atoms with van der Waals surface area (Å²) in [5.41, 5.74) is 2.16. The van der Waals surface area contributed by atoms with Crippen LogP contribution in [-0.2, 0) is 0 Å². The van der Waals surface area contributed by atoms with Crippen molar-refractivity contribution in [3.8, 4) is 5.82 Å². The van der Waals surface area contributed by atoms with Crippen molar-refractivity contribution in [2.75, 3.05) is 10.6 Å². The molecule has 2 aromatic carbocycles. The number of hydrogen-bond acceptors (Lipinski definition) is 6. The van der Waals surface area contributed by atoms with Gasteiger partial charge in [0.25, 0.3) is 5.91 Å². The fourth-order valence-corrected chi connectivity index (χ4v) is 2.99. The molecule has 0 radical (unpaired) electrons. The van der Waals surface area contributed by atoms with E-state index >= 15 is 0 Å². The number of aromatic nitrogens is 4. The van der Waals surface area contributed by atoms with Gasteiger partial charge in [-0.05, 0) is 54.6 Å². The second kappa shape index (κ2) is 7.51. The van der Waals surface area contributed by atoms with Gasteiger partial charge in [-0.1, -0.05) is 18.2 Å². The molecule has 0 spiro atoms. The molecular weight excluding hydrogens is 380 g/mol. The number of para-hydroxylation sites is 1. The van der Waals surface area contributed by atoms with Crippen molar-refractivity contribution in [2.45, 2.75) is 0 Å². The summed E-state index contributed by atoms with van der Waals surface area (Å²) in [5, 5.41) is 19.3. The Balaban J connectivity index is 1.24. The number of fused-ring (bicyclic) bond motifs is 1. The predicted octanol–water partition coefficient (Wildman–Crippen LogP) is 4.40. The third-order valence-corrected chi connectivity index (χ3v) is 4.45. The van der Waals surface area contributed by atoms with Crippen LogP contribution in [0.1, 0.15) is 10.6 Å². The van der Waals surface area contributed by atoms with E-state index in [-0.39, 0.29) is 11.7 Å². The summed E-state index contributed by atoms with van der Waals surface area (Å²) in [7, 11) is 0. The molecule has 5 aromatic rings. The number of hydrogen-bond donors (Lipinski definition) is 2. The van der Waals surface area contributed by atoms with Crippen molar-refractivity contribution in [1.82, 2.24) is 20.0 Å². The molecule has 1 amide bonds. The largest absolute Gasteiger partial charge is 0.451 e. The zero-order chi connectivity index (χ0) is 20.3. The number of nitrogens with zero attached hydrogens (tertiary/aromatic N) is 4. The Hall–Kier alpha value is -4.46. The molecule has 0 unspecified atom stereocenters. The van der Waals surface area contributed by atoms with E-state index in [0.717, 1.165) is 11.1 Å². The average Bonchev–Trinajstić information content (AvgIpc) is 3.46. The minimum atomic E-state index is -0.299. The van der Waals surface area contributed by atoms with Crippen molar-refractivity contribution >= 4 is 34.1 Å². The van der Waals surface area contributed by atoms with E-state index < -0.39 is 0 Å². The highest BCUT2D eigenvalue weighted by Crippen LogP contribution is 2.21. The fourth-order valence-electron chi connectivity index (χ4n) is 2.99.